The van der Waals surface area contributed by atoms with Gasteiger partial charge in [0.05, 0.1) is 4.90 Å². The molecule has 0 aliphatic carbocycles. The van der Waals surface area contributed by atoms with Crippen molar-refractivity contribution in [2.24, 2.45) is 5.41 Å². The van der Waals surface area contributed by atoms with Crippen molar-refractivity contribution in [2.45, 2.75) is 30.6 Å². The summed E-state index contributed by atoms with van der Waals surface area (Å²) in [6.45, 7) is 3.28. The van der Waals surface area contributed by atoms with Crippen LogP contribution in [0.3, 0.4) is 0 Å². The van der Waals surface area contributed by atoms with Crippen molar-refractivity contribution in [3.05, 3.63) is 28.7 Å². The summed E-state index contributed by atoms with van der Waals surface area (Å²) in [5.74, 6) is 0. The average Bonchev–Trinajstić information content (AvgIpc) is 2.48. The summed E-state index contributed by atoms with van der Waals surface area (Å²) in [5, 5.41) is 3.44. The summed E-state index contributed by atoms with van der Waals surface area (Å²) in [6.07, 6.45) is 4.36. The molecule has 1 spiro atoms. The number of benzene rings is 1. The van der Waals surface area contributed by atoms with E-state index in [1.807, 2.05) is 6.07 Å². The second kappa shape index (κ2) is 5.99. The molecule has 21 heavy (non-hydrogen) atoms. The molecule has 1 unspecified atom stereocenters. The molecule has 0 saturated carbocycles. The molecule has 6 heteroatoms. The molecular formula is C15H21BrN2O2S. The highest BCUT2D eigenvalue weighted by Gasteiger charge is 2.40. The van der Waals surface area contributed by atoms with E-state index in [0.29, 0.717) is 18.0 Å². The minimum absolute atomic E-state index is 0.135. The molecule has 3 rings (SSSR count). The van der Waals surface area contributed by atoms with Crippen molar-refractivity contribution < 1.29 is 8.42 Å². The number of halogens is 1. The lowest BCUT2D eigenvalue weighted by molar-refractivity contribution is 0.110. The van der Waals surface area contributed by atoms with Crippen LogP contribution in [0.25, 0.3) is 0 Å². The van der Waals surface area contributed by atoms with Gasteiger partial charge in [0.25, 0.3) is 0 Å². The number of nitrogens with zero attached hydrogens (tertiary/aromatic N) is 1. The Hall–Kier alpha value is -0.430. The van der Waals surface area contributed by atoms with Crippen molar-refractivity contribution in [3.8, 4) is 0 Å². The molecule has 1 N–H and O–H groups in total. The van der Waals surface area contributed by atoms with Gasteiger partial charge >= 0.3 is 0 Å². The Morgan fingerprint density at radius 3 is 2.76 bits per heavy atom. The molecule has 1 atom stereocenters. The number of hydrogen-bond acceptors (Lipinski definition) is 3. The minimum Gasteiger partial charge on any atom is -0.316 e. The van der Waals surface area contributed by atoms with Gasteiger partial charge in [-0.25, -0.2) is 8.42 Å². The second-order valence-electron chi connectivity index (χ2n) is 6.18. The fourth-order valence-electron chi connectivity index (χ4n) is 3.52. The van der Waals surface area contributed by atoms with E-state index in [1.165, 1.54) is 0 Å². The molecule has 0 bridgehead atoms. The number of hydrogen-bond donors (Lipinski definition) is 1. The quantitative estimate of drug-likeness (QED) is 0.867. The molecule has 2 aliphatic heterocycles. The summed E-state index contributed by atoms with van der Waals surface area (Å²) in [5.41, 5.74) is 0.135. The Bertz CT molecular complexity index is 606. The summed E-state index contributed by atoms with van der Waals surface area (Å²) >= 11 is 3.36. The van der Waals surface area contributed by atoms with E-state index in [4.69, 9.17) is 0 Å². The molecule has 1 aromatic carbocycles. The number of rotatable bonds is 2. The first-order valence-electron chi connectivity index (χ1n) is 7.48. The molecule has 0 amide bonds. The minimum atomic E-state index is -3.38. The highest BCUT2D eigenvalue weighted by Crippen LogP contribution is 2.37. The Morgan fingerprint density at radius 2 is 2.05 bits per heavy atom. The molecule has 2 saturated heterocycles. The van der Waals surface area contributed by atoms with Gasteiger partial charge in [-0.2, -0.15) is 4.31 Å². The maximum Gasteiger partial charge on any atom is 0.243 e. The Labute approximate surface area is 135 Å². The molecule has 2 aliphatic rings. The van der Waals surface area contributed by atoms with Crippen LogP contribution in [0.2, 0.25) is 0 Å². The van der Waals surface area contributed by atoms with E-state index in [9.17, 15) is 8.42 Å². The van der Waals surface area contributed by atoms with Crippen LogP contribution in [0.15, 0.2) is 33.6 Å². The molecule has 116 valence electrons. The molecular weight excluding hydrogens is 352 g/mol. The van der Waals surface area contributed by atoms with Gasteiger partial charge in [0.2, 0.25) is 10.0 Å². The van der Waals surface area contributed by atoms with Gasteiger partial charge in [0, 0.05) is 24.1 Å². The Balaban J connectivity index is 1.85. The van der Waals surface area contributed by atoms with Crippen LogP contribution in [-0.4, -0.2) is 38.9 Å². The largest absolute Gasteiger partial charge is 0.316 e. The summed E-state index contributed by atoms with van der Waals surface area (Å²) < 4.78 is 28.2. The van der Waals surface area contributed by atoms with Crippen molar-refractivity contribution in [1.82, 2.24) is 9.62 Å². The van der Waals surface area contributed by atoms with Gasteiger partial charge in [-0.05, 0) is 55.8 Å². The van der Waals surface area contributed by atoms with Gasteiger partial charge in [-0.3, -0.25) is 0 Å². The monoisotopic (exact) mass is 372 g/mol. The topological polar surface area (TPSA) is 49.4 Å². The zero-order chi connectivity index (χ0) is 14.9. The first kappa shape index (κ1) is 15.5. The summed E-state index contributed by atoms with van der Waals surface area (Å²) in [4.78, 5) is 0.387. The van der Waals surface area contributed by atoms with Crippen molar-refractivity contribution in [3.63, 3.8) is 0 Å². The predicted octanol–water partition coefficient (Wildman–Crippen LogP) is 2.60. The van der Waals surface area contributed by atoms with Crippen molar-refractivity contribution in [2.75, 3.05) is 26.2 Å². The molecule has 2 fully saturated rings. The summed E-state index contributed by atoms with van der Waals surface area (Å²) in [6, 6.07) is 7.00. The van der Waals surface area contributed by atoms with Crippen LogP contribution in [-0.2, 0) is 10.0 Å². The van der Waals surface area contributed by atoms with E-state index in [2.05, 4.69) is 21.2 Å². The molecule has 0 aromatic heterocycles. The van der Waals surface area contributed by atoms with E-state index in [-0.39, 0.29) is 5.41 Å². The third-order valence-corrected chi connectivity index (χ3v) is 6.96. The lowest BCUT2D eigenvalue weighted by atomic mass is 9.75. The van der Waals surface area contributed by atoms with Crippen LogP contribution in [0.5, 0.6) is 0 Å². The van der Waals surface area contributed by atoms with Crippen molar-refractivity contribution >= 4 is 26.0 Å². The lowest BCUT2D eigenvalue weighted by Gasteiger charge is -2.44. The first-order chi connectivity index (χ1) is 10.0. The lowest BCUT2D eigenvalue weighted by Crippen LogP contribution is -2.52. The predicted molar refractivity (Wildman–Crippen MR) is 86.7 cm³/mol. The summed E-state index contributed by atoms with van der Waals surface area (Å²) in [7, 11) is -3.38. The van der Waals surface area contributed by atoms with E-state index in [1.54, 1.807) is 22.5 Å². The zero-order valence-corrected chi connectivity index (χ0v) is 14.4. The molecule has 2 heterocycles. The smallest absolute Gasteiger partial charge is 0.243 e. The fourth-order valence-corrected chi connectivity index (χ4v) is 5.71. The van der Waals surface area contributed by atoms with Gasteiger partial charge in [-0.15, -0.1) is 0 Å². The maximum absolute atomic E-state index is 12.9. The second-order valence-corrected chi connectivity index (χ2v) is 9.03. The van der Waals surface area contributed by atoms with Crippen LogP contribution >= 0.6 is 15.9 Å². The van der Waals surface area contributed by atoms with Crippen molar-refractivity contribution in [1.29, 1.82) is 0 Å². The van der Waals surface area contributed by atoms with Crippen LogP contribution in [0, 0.1) is 5.41 Å². The molecule has 1 aromatic rings. The van der Waals surface area contributed by atoms with Crippen LogP contribution < -0.4 is 5.32 Å². The standard InChI is InChI=1S/C15H21BrN2O2S/c16-13-4-1-5-14(10-13)21(19,20)18-9-3-7-15(12-18)6-2-8-17-11-15/h1,4-5,10,17H,2-3,6-9,11-12H2. The SMILES string of the molecule is O=S(=O)(c1cccc(Br)c1)N1CCCC2(CCCNC2)C1. The Kier molecular flexibility index (Phi) is 4.41. The van der Waals surface area contributed by atoms with Gasteiger partial charge < -0.3 is 5.32 Å². The molecule has 4 nitrogen and oxygen atoms in total. The van der Waals surface area contributed by atoms with E-state index in [0.717, 1.165) is 43.2 Å². The first-order valence-corrected chi connectivity index (χ1v) is 9.72. The number of piperidine rings is 2. The normalized spacial score (nSPS) is 27.9. The van der Waals surface area contributed by atoms with Crippen LogP contribution in [0.4, 0.5) is 0 Å². The fraction of sp³-hybridized carbons (Fsp3) is 0.600. The number of sulfonamides is 1. The zero-order valence-electron chi connectivity index (χ0n) is 12.0. The van der Waals surface area contributed by atoms with E-state index < -0.39 is 10.0 Å². The van der Waals surface area contributed by atoms with Crippen LogP contribution in [0.1, 0.15) is 25.7 Å². The van der Waals surface area contributed by atoms with Gasteiger partial charge in [-0.1, -0.05) is 22.0 Å². The van der Waals surface area contributed by atoms with Gasteiger partial charge in [0.15, 0.2) is 0 Å². The highest BCUT2D eigenvalue weighted by molar-refractivity contribution is 9.10. The third kappa shape index (κ3) is 3.18. The third-order valence-electron chi connectivity index (χ3n) is 4.62. The highest BCUT2D eigenvalue weighted by atomic mass is 79.9. The Morgan fingerprint density at radius 1 is 1.24 bits per heavy atom. The van der Waals surface area contributed by atoms with E-state index >= 15 is 0 Å². The molecule has 0 radical (unpaired) electrons. The average molecular weight is 373 g/mol. The van der Waals surface area contributed by atoms with Gasteiger partial charge in [0.1, 0.15) is 0 Å². The maximum atomic E-state index is 12.9. The number of nitrogens with one attached hydrogen (secondary N) is 1.